The number of Topliss-reactive ketones (excluding diaryl/α,β-unsaturated/α-hetero) is 1. The van der Waals surface area contributed by atoms with E-state index in [9.17, 15) is 9.59 Å². The van der Waals surface area contributed by atoms with E-state index in [4.69, 9.17) is 0 Å². The molecular weight excluding hydrogens is 212 g/mol. The van der Waals surface area contributed by atoms with Crippen molar-refractivity contribution in [3.05, 3.63) is 60.7 Å². The van der Waals surface area contributed by atoms with Gasteiger partial charge in [-0.2, -0.15) is 0 Å². The van der Waals surface area contributed by atoms with E-state index in [-0.39, 0.29) is 17.5 Å². The first-order valence-electron chi connectivity index (χ1n) is 5.52. The number of hydrogen-bond donors (Lipinski definition) is 0. The van der Waals surface area contributed by atoms with Crippen LogP contribution in [0.3, 0.4) is 0 Å². The van der Waals surface area contributed by atoms with Crippen molar-refractivity contribution in [2.45, 2.75) is 19.3 Å². The van der Waals surface area contributed by atoms with Crippen molar-refractivity contribution in [1.29, 1.82) is 0 Å². The zero-order chi connectivity index (χ0) is 12.7. The molecule has 0 aliphatic heterocycles. The topological polar surface area (TPSA) is 34.1 Å². The lowest BCUT2D eigenvalue weighted by Gasteiger charge is -2.08. The molecule has 1 rings (SSSR count). The molecule has 1 atom stereocenters. The first-order chi connectivity index (χ1) is 8.15. The summed E-state index contributed by atoms with van der Waals surface area (Å²) in [4.78, 5) is 22.9. The van der Waals surface area contributed by atoms with Crippen LogP contribution in [-0.2, 0) is 9.59 Å². The van der Waals surface area contributed by atoms with E-state index in [1.54, 1.807) is 12.2 Å². The van der Waals surface area contributed by atoms with Gasteiger partial charge in [-0.15, -0.1) is 6.58 Å². The van der Waals surface area contributed by atoms with Gasteiger partial charge < -0.3 is 0 Å². The van der Waals surface area contributed by atoms with Gasteiger partial charge in [0.05, 0.1) is 5.92 Å². The van der Waals surface area contributed by atoms with Gasteiger partial charge in [-0.1, -0.05) is 42.5 Å². The predicted octanol–water partition coefficient (Wildman–Crippen LogP) is 3.06. The highest BCUT2D eigenvalue weighted by Gasteiger charge is 2.12. The summed E-state index contributed by atoms with van der Waals surface area (Å²) in [6.07, 6.45) is 4.97. The zero-order valence-electron chi connectivity index (χ0n) is 9.93. The smallest absolute Gasteiger partial charge is 0.159 e. The van der Waals surface area contributed by atoms with Gasteiger partial charge in [-0.25, -0.2) is 0 Å². The van der Waals surface area contributed by atoms with Crippen LogP contribution in [0.2, 0.25) is 0 Å². The molecule has 0 N–H and O–H groups in total. The normalized spacial score (nSPS) is 12.3. The minimum Gasteiger partial charge on any atom is -0.299 e. The summed E-state index contributed by atoms with van der Waals surface area (Å²) in [5.41, 5.74) is 0.905. The molecule has 0 heterocycles. The summed E-state index contributed by atoms with van der Waals surface area (Å²) >= 11 is 0. The molecule has 0 bridgehead atoms. The van der Waals surface area contributed by atoms with E-state index in [1.807, 2.05) is 30.3 Å². The average Bonchev–Trinajstić information content (AvgIpc) is 2.30. The Hall–Kier alpha value is -1.96. The highest BCUT2D eigenvalue weighted by atomic mass is 16.1. The zero-order valence-corrected chi connectivity index (χ0v) is 9.93. The van der Waals surface area contributed by atoms with Gasteiger partial charge >= 0.3 is 0 Å². The lowest BCUT2D eigenvalue weighted by molar-refractivity contribution is -0.117. The maximum atomic E-state index is 11.5. The number of allylic oxidation sites excluding steroid dienone is 3. The quantitative estimate of drug-likeness (QED) is 0.554. The van der Waals surface area contributed by atoms with Crippen molar-refractivity contribution in [3.8, 4) is 0 Å². The second-order valence-corrected chi connectivity index (χ2v) is 3.82. The molecule has 17 heavy (non-hydrogen) atoms. The van der Waals surface area contributed by atoms with Crippen molar-refractivity contribution in [2.24, 2.45) is 0 Å². The van der Waals surface area contributed by atoms with Gasteiger partial charge in [0.1, 0.15) is 5.78 Å². The predicted molar refractivity (Wildman–Crippen MR) is 68.8 cm³/mol. The molecule has 0 saturated carbocycles. The molecule has 0 aliphatic carbocycles. The van der Waals surface area contributed by atoms with E-state index in [0.717, 1.165) is 5.56 Å². The minimum absolute atomic E-state index is 0.0267. The van der Waals surface area contributed by atoms with Crippen LogP contribution in [0.25, 0.3) is 0 Å². The van der Waals surface area contributed by atoms with Crippen LogP contribution >= 0.6 is 0 Å². The highest BCUT2D eigenvalue weighted by molar-refractivity contribution is 5.93. The SMILES string of the molecule is C=CCC(=O)/C=C/[C@H](C(C)=O)c1ccccc1. The minimum atomic E-state index is -0.343. The third kappa shape index (κ3) is 4.19. The highest BCUT2D eigenvalue weighted by Crippen LogP contribution is 2.18. The number of carbonyl (C=O) groups is 2. The Morgan fingerprint density at radius 1 is 1.29 bits per heavy atom. The van der Waals surface area contributed by atoms with Crippen molar-refractivity contribution in [3.63, 3.8) is 0 Å². The summed E-state index contributed by atoms with van der Waals surface area (Å²) < 4.78 is 0. The Morgan fingerprint density at radius 3 is 2.47 bits per heavy atom. The fourth-order valence-electron chi connectivity index (χ4n) is 1.56. The summed E-state index contributed by atoms with van der Waals surface area (Å²) in [5.74, 6) is -0.356. The van der Waals surface area contributed by atoms with Gasteiger partial charge in [-0.05, 0) is 18.6 Å². The molecule has 0 spiro atoms. The van der Waals surface area contributed by atoms with E-state index >= 15 is 0 Å². The fraction of sp³-hybridized carbons (Fsp3) is 0.200. The molecule has 0 amide bonds. The van der Waals surface area contributed by atoms with Crippen molar-refractivity contribution < 1.29 is 9.59 Å². The third-order valence-electron chi connectivity index (χ3n) is 2.42. The van der Waals surface area contributed by atoms with Crippen molar-refractivity contribution in [2.75, 3.05) is 0 Å². The number of hydrogen-bond acceptors (Lipinski definition) is 2. The fourth-order valence-corrected chi connectivity index (χ4v) is 1.56. The van der Waals surface area contributed by atoms with E-state index in [2.05, 4.69) is 6.58 Å². The number of rotatable bonds is 6. The summed E-state index contributed by atoms with van der Waals surface area (Å²) in [7, 11) is 0. The van der Waals surface area contributed by atoms with Gasteiger partial charge in [-0.3, -0.25) is 9.59 Å². The van der Waals surface area contributed by atoms with Crippen LogP contribution in [0, 0.1) is 0 Å². The Labute approximate surface area is 102 Å². The summed E-state index contributed by atoms with van der Waals surface area (Å²) in [6, 6.07) is 9.42. The molecule has 0 aromatic heterocycles. The number of benzene rings is 1. The monoisotopic (exact) mass is 228 g/mol. The summed E-state index contributed by atoms with van der Waals surface area (Å²) in [5, 5.41) is 0. The van der Waals surface area contributed by atoms with Gasteiger partial charge in [0.2, 0.25) is 0 Å². The molecule has 0 unspecified atom stereocenters. The van der Waals surface area contributed by atoms with E-state index in [1.165, 1.54) is 13.0 Å². The first-order valence-corrected chi connectivity index (χ1v) is 5.52. The Kier molecular flexibility index (Phi) is 5.08. The lowest BCUT2D eigenvalue weighted by Crippen LogP contribution is -2.06. The average molecular weight is 228 g/mol. The third-order valence-corrected chi connectivity index (χ3v) is 2.42. The number of carbonyl (C=O) groups excluding carboxylic acids is 2. The Balaban J connectivity index is 2.85. The van der Waals surface area contributed by atoms with Crippen LogP contribution in [-0.4, -0.2) is 11.6 Å². The molecule has 0 radical (unpaired) electrons. The molecule has 2 heteroatoms. The molecule has 1 aromatic carbocycles. The van der Waals surface area contributed by atoms with Crippen LogP contribution in [0.15, 0.2) is 55.1 Å². The second kappa shape index (κ2) is 6.59. The van der Waals surface area contributed by atoms with Crippen LogP contribution < -0.4 is 0 Å². The Bertz CT molecular complexity index is 429. The van der Waals surface area contributed by atoms with E-state index in [0.29, 0.717) is 6.42 Å². The van der Waals surface area contributed by atoms with Crippen LogP contribution in [0.5, 0.6) is 0 Å². The van der Waals surface area contributed by atoms with Crippen molar-refractivity contribution in [1.82, 2.24) is 0 Å². The van der Waals surface area contributed by atoms with Gasteiger partial charge in [0.15, 0.2) is 5.78 Å². The van der Waals surface area contributed by atoms with Gasteiger partial charge in [0, 0.05) is 6.42 Å². The molecular formula is C15H16O2. The van der Waals surface area contributed by atoms with E-state index < -0.39 is 0 Å². The largest absolute Gasteiger partial charge is 0.299 e. The molecule has 88 valence electrons. The van der Waals surface area contributed by atoms with Gasteiger partial charge in [0.25, 0.3) is 0 Å². The Morgan fingerprint density at radius 2 is 1.94 bits per heavy atom. The van der Waals surface area contributed by atoms with Crippen LogP contribution in [0.4, 0.5) is 0 Å². The maximum Gasteiger partial charge on any atom is 0.159 e. The standard InChI is InChI=1S/C15H16O2/c1-3-7-14(17)10-11-15(12(2)16)13-8-5-4-6-9-13/h3-6,8-11,15H,1,7H2,2H3/b11-10+/t15-/m1/s1. The molecule has 2 nitrogen and oxygen atoms in total. The molecule has 1 aromatic rings. The van der Waals surface area contributed by atoms with Crippen molar-refractivity contribution >= 4 is 11.6 Å². The second-order valence-electron chi connectivity index (χ2n) is 3.82. The molecule has 0 fully saturated rings. The molecule has 0 aliphatic rings. The first kappa shape index (κ1) is 13.1. The maximum absolute atomic E-state index is 11.5. The summed E-state index contributed by atoms with van der Waals surface area (Å²) in [6.45, 7) is 5.03. The lowest BCUT2D eigenvalue weighted by atomic mass is 9.94. The number of ketones is 2. The molecule has 0 saturated heterocycles. The van der Waals surface area contributed by atoms with Crippen LogP contribution in [0.1, 0.15) is 24.8 Å².